The molecule has 0 N–H and O–H groups in total. The van der Waals surface area contributed by atoms with Crippen molar-refractivity contribution in [2.24, 2.45) is 46.3 Å². The summed E-state index contributed by atoms with van der Waals surface area (Å²) in [5.74, 6) is 6.10. The first-order valence-electron chi connectivity index (χ1n) is 12.4. The Morgan fingerprint density at radius 3 is 2.22 bits per heavy atom. The number of hydrogen-bond acceptors (Lipinski definition) is 0. The molecule has 8 unspecified atom stereocenters. The van der Waals surface area contributed by atoms with E-state index in [0.29, 0.717) is 10.8 Å². The highest BCUT2D eigenvalue weighted by atomic mass is 14.6. The molecule has 0 bridgehead atoms. The molecule has 3 fully saturated rings. The van der Waals surface area contributed by atoms with Crippen LogP contribution < -0.4 is 0 Å². The van der Waals surface area contributed by atoms with Crippen LogP contribution in [0.5, 0.6) is 0 Å². The summed E-state index contributed by atoms with van der Waals surface area (Å²) in [7, 11) is 0. The fourth-order valence-electron chi connectivity index (χ4n) is 8.92. The van der Waals surface area contributed by atoms with E-state index in [0.717, 1.165) is 35.5 Å². The Kier molecular flexibility index (Phi) is 7.94. The molecule has 27 heavy (non-hydrogen) atoms. The van der Waals surface area contributed by atoms with Crippen molar-refractivity contribution >= 4 is 0 Å². The molecule has 3 rings (SSSR count). The van der Waals surface area contributed by atoms with Gasteiger partial charge < -0.3 is 0 Å². The van der Waals surface area contributed by atoms with Gasteiger partial charge in [0.1, 0.15) is 0 Å². The third-order valence-electron chi connectivity index (χ3n) is 10.00. The van der Waals surface area contributed by atoms with Gasteiger partial charge >= 0.3 is 0 Å². The van der Waals surface area contributed by atoms with Gasteiger partial charge in [-0.05, 0) is 91.3 Å². The zero-order valence-electron chi connectivity index (χ0n) is 18.9. The monoisotopic (exact) mass is 376 g/mol. The standard InChI is InChI=1S/C26H48.CH4/c1-7-10-19(4)22-14-15-23-21-13-12-20(11-8-2)25(5,17-9-3)24(21)16-18-26(22,23)6;/h19-24H,7-18H2,1-6H3;1H4. The van der Waals surface area contributed by atoms with Crippen molar-refractivity contribution in [3.63, 3.8) is 0 Å². The zero-order chi connectivity index (χ0) is 18.9. The van der Waals surface area contributed by atoms with Gasteiger partial charge in [-0.15, -0.1) is 0 Å². The molecule has 0 amide bonds. The predicted molar refractivity (Wildman–Crippen MR) is 122 cm³/mol. The highest BCUT2D eigenvalue weighted by Crippen LogP contribution is 2.67. The fourth-order valence-corrected chi connectivity index (χ4v) is 8.92. The SMILES string of the molecule is C.CCCC(C)C1CCC2C3CCC(CCC)C(C)(CCC)C3CCC12C. The van der Waals surface area contributed by atoms with Crippen molar-refractivity contribution in [3.8, 4) is 0 Å². The van der Waals surface area contributed by atoms with E-state index in [9.17, 15) is 0 Å². The Labute approximate surface area is 172 Å². The van der Waals surface area contributed by atoms with E-state index in [-0.39, 0.29) is 7.43 Å². The quantitative estimate of drug-likeness (QED) is 0.415. The van der Waals surface area contributed by atoms with Gasteiger partial charge in [-0.3, -0.25) is 0 Å². The number of fused-ring (bicyclic) bond motifs is 3. The fraction of sp³-hybridized carbons (Fsp3) is 1.00. The second kappa shape index (κ2) is 9.21. The van der Waals surface area contributed by atoms with Gasteiger partial charge in [-0.1, -0.05) is 81.1 Å². The molecule has 0 aromatic carbocycles. The molecule has 0 aromatic heterocycles. The van der Waals surface area contributed by atoms with Crippen LogP contribution in [0.4, 0.5) is 0 Å². The van der Waals surface area contributed by atoms with E-state index in [1.165, 1.54) is 57.8 Å². The smallest absolute Gasteiger partial charge is 0.0264 e. The average Bonchev–Trinajstić information content (AvgIpc) is 2.95. The first-order chi connectivity index (χ1) is 12.4. The first kappa shape index (κ1) is 23.3. The maximum absolute atomic E-state index is 2.73. The van der Waals surface area contributed by atoms with Crippen molar-refractivity contribution in [3.05, 3.63) is 0 Å². The van der Waals surface area contributed by atoms with Crippen LogP contribution >= 0.6 is 0 Å². The second-order valence-corrected chi connectivity index (χ2v) is 11.2. The van der Waals surface area contributed by atoms with Gasteiger partial charge in [0, 0.05) is 0 Å². The van der Waals surface area contributed by atoms with Gasteiger partial charge in [-0.25, -0.2) is 0 Å². The summed E-state index contributed by atoms with van der Waals surface area (Å²) in [6.45, 7) is 15.3. The van der Waals surface area contributed by atoms with E-state index in [4.69, 9.17) is 0 Å². The largest absolute Gasteiger partial charge is 0.0776 e. The van der Waals surface area contributed by atoms with Gasteiger partial charge in [0.05, 0.1) is 0 Å². The molecular formula is C27H52. The van der Waals surface area contributed by atoms with Crippen molar-refractivity contribution < 1.29 is 0 Å². The molecule has 160 valence electrons. The summed E-state index contributed by atoms with van der Waals surface area (Å²) in [5.41, 5.74) is 1.31. The van der Waals surface area contributed by atoms with Crippen molar-refractivity contribution in [2.75, 3.05) is 0 Å². The molecule has 3 saturated carbocycles. The summed E-state index contributed by atoms with van der Waals surface area (Å²) < 4.78 is 0. The van der Waals surface area contributed by atoms with Gasteiger partial charge in [0.25, 0.3) is 0 Å². The van der Waals surface area contributed by atoms with Crippen LogP contribution in [-0.2, 0) is 0 Å². The summed E-state index contributed by atoms with van der Waals surface area (Å²) in [5, 5.41) is 0. The molecule has 0 radical (unpaired) electrons. The zero-order valence-corrected chi connectivity index (χ0v) is 18.9. The predicted octanol–water partition coefficient (Wildman–Crippen LogP) is 9.13. The average molecular weight is 377 g/mol. The Morgan fingerprint density at radius 2 is 1.59 bits per heavy atom. The topological polar surface area (TPSA) is 0 Å². The van der Waals surface area contributed by atoms with Gasteiger partial charge in [0.2, 0.25) is 0 Å². The second-order valence-electron chi connectivity index (χ2n) is 11.2. The van der Waals surface area contributed by atoms with E-state index >= 15 is 0 Å². The van der Waals surface area contributed by atoms with E-state index in [1.807, 2.05) is 0 Å². The lowest BCUT2D eigenvalue weighted by Crippen LogP contribution is -2.52. The molecule has 0 aliphatic heterocycles. The molecule has 0 aromatic rings. The minimum atomic E-state index is 0. The van der Waals surface area contributed by atoms with E-state index in [1.54, 1.807) is 19.3 Å². The van der Waals surface area contributed by atoms with Crippen LogP contribution in [0.1, 0.15) is 126 Å². The molecule has 0 nitrogen and oxygen atoms in total. The van der Waals surface area contributed by atoms with Crippen molar-refractivity contribution in [1.29, 1.82) is 0 Å². The summed E-state index contributed by atoms with van der Waals surface area (Å²) in [4.78, 5) is 0. The summed E-state index contributed by atoms with van der Waals surface area (Å²) in [6, 6.07) is 0. The van der Waals surface area contributed by atoms with Crippen LogP contribution in [-0.4, -0.2) is 0 Å². The Balaban J connectivity index is 0.00000261. The molecule has 0 spiro atoms. The van der Waals surface area contributed by atoms with E-state index < -0.39 is 0 Å². The van der Waals surface area contributed by atoms with Crippen LogP contribution in [0.3, 0.4) is 0 Å². The molecular weight excluding hydrogens is 324 g/mol. The molecule has 0 heteroatoms. The minimum Gasteiger partial charge on any atom is -0.0776 e. The molecule has 3 aliphatic carbocycles. The molecule has 3 aliphatic rings. The minimum absolute atomic E-state index is 0. The highest BCUT2D eigenvalue weighted by Gasteiger charge is 2.59. The van der Waals surface area contributed by atoms with Crippen molar-refractivity contribution in [2.45, 2.75) is 126 Å². The first-order valence-corrected chi connectivity index (χ1v) is 12.4. The maximum atomic E-state index is 2.73. The highest BCUT2D eigenvalue weighted by molar-refractivity contribution is 5.08. The molecule has 0 heterocycles. The number of rotatable bonds is 7. The van der Waals surface area contributed by atoms with Crippen LogP contribution in [0.25, 0.3) is 0 Å². The lowest BCUT2D eigenvalue weighted by molar-refractivity contribution is -0.105. The molecule has 8 atom stereocenters. The summed E-state index contributed by atoms with van der Waals surface area (Å²) >= 11 is 0. The molecule has 0 saturated heterocycles. The lowest BCUT2D eigenvalue weighted by Gasteiger charge is -2.60. The van der Waals surface area contributed by atoms with Gasteiger partial charge in [0.15, 0.2) is 0 Å². The Hall–Kier alpha value is 0. The van der Waals surface area contributed by atoms with Gasteiger partial charge in [-0.2, -0.15) is 0 Å². The van der Waals surface area contributed by atoms with Crippen LogP contribution in [0.2, 0.25) is 0 Å². The summed E-state index contributed by atoms with van der Waals surface area (Å²) in [6.07, 6.45) is 17.8. The van der Waals surface area contributed by atoms with Crippen LogP contribution in [0.15, 0.2) is 0 Å². The number of hydrogen-bond donors (Lipinski definition) is 0. The lowest BCUT2D eigenvalue weighted by atomic mass is 9.45. The third-order valence-corrected chi connectivity index (χ3v) is 10.00. The Bertz CT molecular complexity index is 453. The van der Waals surface area contributed by atoms with Crippen molar-refractivity contribution in [1.82, 2.24) is 0 Å². The Morgan fingerprint density at radius 1 is 0.852 bits per heavy atom. The maximum Gasteiger partial charge on any atom is -0.0264 e. The van der Waals surface area contributed by atoms with Crippen LogP contribution in [0, 0.1) is 46.3 Å². The van der Waals surface area contributed by atoms with E-state index in [2.05, 4.69) is 41.5 Å². The normalized spacial score (nSPS) is 44.9. The third kappa shape index (κ3) is 3.90.